The van der Waals surface area contributed by atoms with Crippen LogP contribution in [-0.2, 0) is 11.3 Å². The molecule has 4 aromatic rings. The fraction of sp³-hybridized carbons (Fsp3) is 0.115. The van der Waals surface area contributed by atoms with Crippen LogP contribution in [-0.4, -0.2) is 38.2 Å². The highest BCUT2D eigenvalue weighted by atomic mass is 127. The SMILES string of the molecule is O=C(CCSc1nnc(CNc2ccc(I)cc2)n1-c1ccccc1)Nc1ccc2c(c1)C(=O)NC2=O. The number of nitrogens with zero attached hydrogens (tertiary/aromatic N) is 3. The molecule has 0 saturated heterocycles. The fourth-order valence-electron chi connectivity index (χ4n) is 3.80. The van der Waals surface area contributed by atoms with Crippen molar-refractivity contribution in [2.45, 2.75) is 18.1 Å². The smallest absolute Gasteiger partial charge is 0.259 e. The van der Waals surface area contributed by atoms with E-state index < -0.39 is 11.8 Å². The molecule has 37 heavy (non-hydrogen) atoms. The topological polar surface area (TPSA) is 118 Å². The van der Waals surface area contributed by atoms with Crippen LogP contribution in [0, 0.1) is 3.57 Å². The molecule has 2 heterocycles. The average Bonchev–Trinajstić information content (AvgIpc) is 3.43. The number of carbonyl (C=O) groups excluding carboxylic acids is 3. The summed E-state index contributed by atoms with van der Waals surface area (Å²) in [6, 6.07) is 22.6. The number of carbonyl (C=O) groups is 3. The van der Waals surface area contributed by atoms with Crippen molar-refractivity contribution in [3.63, 3.8) is 0 Å². The van der Waals surface area contributed by atoms with Gasteiger partial charge in [-0.15, -0.1) is 10.2 Å². The van der Waals surface area contributed by atoms with Gasteiger partial charge >= 0.3 is 0 Å². The Morgan fingerprint density at radius 2 is 1.65 bits per heavy atom. The summed E-state index contributed by atoms with van der Waals surface area (Å²) in [6.45, 7) is 0.484. The maximum Gasteiger partial charge on any atom is 0.259 e. The van der Waals surface area contributed by atoms with E-state index in [9.17, 15) is 14.4 Å². The van der Waals surface area contributed by atoms with Crippen LogP contribution in [0.4, 0.5) is 11.4 Å². The summed E-state index contributed by atoms with van der Waals surface area (Å²) < 4.78 is 3.15. The highest BCUT2D eigenvalue weighted by molar-refractivity contribution is 14.1. The zero-order valence-electron chi connectivity index (χ0n) is 19.4. The molecule has 11 heteroatoms. The van der Waals surface area contributed by atoms with E-state index in [4.69, 9.17) is 0 Å². The lowest BCUT2D eigenvalue weighted by atomic mass is 10.1. The van der Waals surface area contributed by atoms with Crippen LogP contribution < -0.4 is 16.0 Å². The Kier molecular flexibility index (Phi) is 7.51. The Morgan fingerprint density at radius 1 is 0.919 bits per heavy atom. The summed E-state index contributed by atoms with van der Waals surface area (Å²) in [5, 5.41) is 17.9. The van der Waals surface area contributed by atoms with E-state index in [-0.39, 0.29) is 17.9 Å². The third-order valence-corrected chi connectivity index (χ3v) is 7.24. The predicted molar refractivity (Wildman–Crippen MR) is 150 cm³/mol. The molecule has 0 bridgehead atoms. The molecule has 9 nitrogen and oxygen atoms in total. The van der Waals surface area contributed by atoms with Crippen LogP contribution in [0.5, 0.6) is 0 Å². The fourth-order valence-corrected chi connectivity index (χ4v) is 5.07. The Hall–Kier alpha value is -3.71. The van der Waals surface area contributed by atoms with E-state index in [1.165, 1.54) is 23.9 Å². The molecule has 0 unspecified atom stereocenters. The van der Waals surface area contributed by atoms with Crippen molar-refractivity contribution in [2.75, 3.05) is 16.4 Å². The number of rotatable bonds is 9. The number of halogens is 1. The number of imide groups is 1. The lowest BCUT2D eigenvalue weighted by molar-refractivity contribution is -0.115. The Balaban J connectivity index is 1.23. The van der Waals surface area contributed by atoms with Crippen LogP contribution in [0.1, 0.15) is 33.0 Å². The molecule has 0 radical (unpaired) electrons. The lowest BCUT2D eigenvalue weighted by Crippen LogP contribution is -2.19. The number of fused-ring (bicyclic) bond motifs is 1. The van der Waals surface area contributed by atoms with Gasteiger partial charge in [-0.25, -0.2) is 0 Å². The van der Waals surface area contributed by atoms with Crippen molar-refractivity contribution >= 4 is 63.4 Å². The minimum atomic E-state index is -0.459. The van der Waals surface area contributed by atoms with E-state index in [0.717, 1.165) is 20.8 Å². The summed E-state index contributed by atoms with van der Waals surface area (Å²) in [7, 11) is 0. The number of amides is 3. The first-order valence-electron chi connectivity index (χ1n) is 11.4. The zero-order chi connectivity index (χ0) is 25.8. The predicted octanol–water partition coefficient (Wildman–Crippen LogP) is 4.49. The number of hydrogen-bond donors (Lipinski definition) is 3. The van der Waals surface area contributed by atoms with E-state index in [2.05, 4.69) is 48.7 Å². The van der Waals surface area contributed by atoms with Gasteiger partial charge in [0.25, 0.3) is 11.8 Å². The first-order chi connectivity index (χ1) is 18.0. The molecule has 186 valence electrons. The second-order valence-corrected chi connectivity index (χ2v) is 10.4. The van der Waals surface area contributed by atoms with Gasteiger partial charge in [0.1, 0.15) is 0 Å². The number of para-hydroxylation sites is 1. The van der Waals surface area contributed by atoms with Crippen LogP contribution in [0.25, 0.3) is 5.69 Å². The maximum absolute atomic E-state index is 12.5. The third kappa shape index (κ3) is 5.83. The number of aromatic nitrogens is 3. The van der Waals surface area contributed by atoms with Crippen LogP contribution >= 0.6 is 34.4 Å². The molecule has 0 fully saturated rings. The molecular weight excluding hydrogens is 603 g/mol. The normalized spacial score (nSPS) is 12.2. The van der Waals surface area contributed by atoms with Crippen molar-refractivity contribution in [3.05, 3.63) is 93.3 Å². The number of thioether (sulfide) groups is 1. The molecule has 1 aliphatic heterocycles. The largest absolute Gasteiger partial charge is 0.378 e. The zero-order valence-corrected chi connectivity index (χ0v) is 22.4. The number of nitrogens with one attached hydrogen (secondary N) is 3. The lowest BCUT2D eigenvalue weighted by Gasteiger charge is -2.11. The highest BCUT2D eigenvalue weighted by Crippen LogP contribution is 2.24. The van der Waals surface area contributed by atoms with E-state index in [1.807, 2.05) is 59.2 Å². The molecule has 3 N–H and O–H groups in total. The van der Waals surface area contributed by atoms with Gasteiger partial charge in [-0.2, -0.15) is 0 Å². The quantitative estimate of drug-likeness (QED) is 0.143. The molecule has 0 spiro atoms. The van der Waals surface area contributed by atoms with Gasteiger partial charge in [0.05, 0.1) is 17.7 Å². The van der Waals surface area contributed by atoms with Gasteiger partial charge in [-0.05, 0) is 77.2 Å². The molecule has 0 saturated carbocycles. The Morgan fingerprint density at radius 3 is 2.43 bits per heavy atom. The van der Waals surface area contributed by atoms with Gasteiger partial charge in [-0.1, -0.05) is 30.0 Å². The Labute approximate surface area is 230 Å². The summed E-state index contributed by atoms with van der Waals surface area (Å²) in [4.78, 5) is 36.1. The van der Waals surface area contributed by atoms with E-state index >= 15 is 0 Å². The molecule has 1 aromatic heterocycles. The first kappa shape index (κ1) is 25.0. The van der Waals surface area contributed by atoms with Crippen molar-refractivity contribution < 1.29 is 14.4 Å². The van der Waals surface area contributed by atoms with Gasteiger partial charge in [0.15, 0.2) is 11.0 Å². The highest BCUT2D eigenvalue weighted by Gasteiger charge is 2.26. The monoisotopic (exact) mass is 624 g/mol. The van der Waals surface area contributed by atoms with Gasteiger partial charge in [-0.3, -0.25) is 24.3 Å². The molecule has 3 aromatic carbocycles. The van der Waals surface area contributed by atoms with Crippen molar-refractivity contribution in [1.29, 1.82) is 0 Å². The molecule has 0 atom stereocenters. The average molecular weight is 624 g/mol. The second kappa shape index (κ2) is 11.1. The summed E-state index contributed by atoms with van der Waals surface area (Å²) in [6.07, 6.45) is 0.227. The van der Waals surface area contributed by atoms with Crippen molar-refractivity contribution in [2.24, 2.45) is 0 Å². The maximum atomic E-state index is 12.5. The van der Waals surface area contributed by atoms with Gasteiger partial charge in [0, 0.05) is 32.8 Å². The van der Waals surface area contributed by atoms with Gasteiger partial charge < -0.3 is 10.6 Å². The number of anilines is 2. The van der Waals surface area contributed by atoms with E-state index in [0.29, 0.717) is 28.7 Å². The molecule has 3 amide bonds. The number of hydrogen-bond acceptors (Lipinski definition) is 7. The molecule has 5 rings (SSSR count). The van der Waals surface area contributed by atoms with Crippen LogP contribution in [0.15, 0.2) is 78.0 Å². The standard InChI is InChI=1S/C26H21IN6O3S/c27-16-6-8-17(9-7-16)28-15-22-31-32-26(33(22)19-4-2-1-3-5-19)37-13-12-23(34)29-18-10-11-20-21(14-18)25(36)30-24(20)35/h1-11,14,28H,12-13,15H2,(H,29,34)(H,30,35,36). The van der Waals surface area contributed by atoms with Crippen molar-refractivity contribution in [3.8, 4) is 5.69 Å². The van der Waals surface area contributed by atoms with Crippen LogP contribution in [0.2, 0.25) is 0 Å². The first-order valence-corrected chi connectivity index (χ1v) is 13.5. The van der Waals surface area contributed by atoms with Crippen molar-refractivity contribution in [1.82, 2.24) is 20.1 Å². The molecule has 0 aliphatic carbocycles. The molecule has 1 aliphatic rings. The minimum absolute atomic E-state index is 0.205. The second-order valence-electron chi connectivity index (χ2n) is 8.12. The van der Waals surface area contributed by atoms with Crippen LogP contribution in [0.3, 0.4) is 0 Å². The Bertz CT molecular complexity index is 1470. The van der Waals surface area contributed by atoms with Gasteiger partial charge in [0.2, 0.25) is 5.91 Å². The summed E-state index contributed by atoms with van der Waals surface area (Å²) >= 11 is 3.71. The van der Waals surface area contributed by atoms with E-state index in [1.54, 1.807) is 6.07 Å². The summed E-state index contributed by atoms with van der Waals surface area (Å²) in [5.74, 6) is 0.140. The number of benzene rings is 3. The minimum Gasteiger partial charge on any atom is -0.378 e. The molecular formula is C26H21IN6O3S. The summed E-state index contributed by atoms with van der Waals surface area (Å²) in [5.41, 5.74) is 2.97. The third-order valence-electron chi connectivity index (χ3n) is 5.59.